The maximum Gasteiger partial charge on any atom is 0.312 e. The molecule has 178 valence electrons. The Hall–Kier alpha value is -2.89. The minimum Gasteiger partial charge on any atom is -0.469 e. The van der Waals surface area contributed by atoms with Crippen LogP contribution in [0.1, 0.15) is 51.4 Å². The summed E-state index contributed by atoms with van der Waals surface area (Å²) in [6, 6.07) is 17.3. The molecule has 2 aromatic rings. The molecule has 1 aliphatic heterocycles. The summed E-state index contributed by atoms with van der Waals surface area (Å²) in [7, 11) is 3.60. The quantitative estimate of drug-likeness (QED) is 0.460. The molecule has 1 aromatic carbocycles. The molecule has 33 heavy (non-hydrogen) atoms. The molecule has 1 aliphatic carbocycles. The number of benzene rings is 1. The summed E-state index contributed by atoms with van der Waals surface area (Å²) >= 11 is 0. The van der Waals surface area contributed by atoms with E-state index in [1.807, 2.05) is 18.2 Å². The summed E-state index contributed by atoms with van der Waals surface area (Å²) in [6.45, 7) is 1.42. The number of piperidine rings is 1. The highest BCUT2D eigenvalue weighted by Gasteiger charge is 2.42. The predicted octanol–water partition coefficient (Wildman–Crippen LogP) is 4.89. The predicted molar refractivity (Wildman–Crippen MR) is 133 cm³/mol. The number of rotatable bonds is 6. The molecule has 2 aliphatic rings. The third-order valence-corrected chi connectivity index (χ3v) is 7.07. The van der Waals surface area contributed by atoms with Crippen LogP contribution in [0.25, 0.3) is 0 Å². The zero-order valence-corrected chi connectivity index (χ0v) is 20.0. The first kappa shape index (κ1) is 24.7. The average molecular weight is 452 g/mol. The van der Waals surface area contributed by atoms with Crippen LogP contribution in [-0.2, 0) is 14.3 Å². The van der Waals surface area contributed by atoms with Crippen LogP contribution < -0.4 is 9.80 Å². The lowest BCUT2D eigenvalue weighted by atomic mass is 9.76. The van der Waals surface area contributed by atoms with E-state index >= 15 is 0 Å². The number of hydrogen-bond donors (Lipinski definition) is 0. The highest BCUT2D eigenvalue weighted by molar-refractivity contribution is 5.80. The largest absolute Gasteiger partial charge is 0.469 e. The molecule has 2 heterocycles. The van der Waals surface area contributed by atoms with Crippen molar-refractivity contribution in [1.82, 2.24) is 4.98 Å². The highest BCUT2D eigenvalue weighted by Crippen LogP contribution is 2.36. The van der Waals surface area contributed by atoms with Gasteiger partial charge in [0.2, 0.25) is 0 Å². The number of methoxy groups -OCH3 is 1. The Morgan fingerprint density at radius 1 is 1.09 bits per heavy atom. The molecule has 4 rings (SSSR count). The number of nitrogens with zero attached hydrogens (tertiary/aromatic N) is 3. The van der Waals surface area contributed by atoms with Gasteiger partial charge in [-0.1, -0.05) is 43.5 Å². The van der Waals surface area contributed by atoms with Gasteiger partial charge in [0.25, 0.3) is 0 Å². The third kappa shape index (κ3) is 6.56. The minimum atomic E-state index is -0.651. The van der Waals surface area contributed by atoms with E-state index in [1.54, 1.807) is 6.20 Å². The van der Waals surface area contributed by atoms with Crippen molar-refractivity contribution in [1.29, 1.82) is 0 Å². The molecule has 2 fully saturated rings. The first-order chi connectivity index (χ1) is 16.1. The summed E-state index contributed by atoms with van der Waals surface area (Å²) in [5.41, 5.74) is 0.710. The monoisotopic (exact) mass is 451 g/mol. The Morgan fingerprint density at radius 3 is 2.33 bits per heavy atom. The molecule has 0 unspecified atom stereocenters. The lowest BCUT2D eigenvalue weighted by Crippen LogP contribution is -2.45. The Labute approximate surface area is 197 Å². The second-order valence-corrected chi connectivity index (χ2v) is 9.06. The number of carbonyl (C=O) groups excluding carboxylic acids is 2. The standard InChI is InChI=1S/C14H18N2O3.C13H19N/c1-19-13(18)14(7-11-17)5-9-16(10-6-14)12-4-2-3-8-15-12;1-14(12-8-4-2-5-9-12)13-10-6-3-7-11-13/h2-4,8,11H,5-7,9-10H2,1H3;2,4-5,8-9,13H,3,6-7,10-11H2,1H3. The Bertz CT molecular complexity index is 845. The molecular formula is C27H37N3O3. The fourth-order valence-corrected chi connectivity index (χ4v) is 4.91. The summed E-state index contributed by atoms with van der Waals surface area (Å²) in [6.07, 6.45) is 11.0. The van der Waals surface area contributed by atoms with Crippen LogP contribution in [0.3, 0.4) is 0 Å². The topological polar surface area (TPSA) is 62.7 Å². The van der Waals surface area contributed by atoms with E-state index in [-0.39, 0.29) is 12.4 Å². The van der Waals surface area contributed by atoms with Crippen molar-refractivity contribution in [2.24, 2.45) is 5.41 Å². The number of carbonyl (C=O) groups is 2. The van der Waals surface area contributed by atoms with E-state index in [9.17, 15) is 9.59 Å². The molecule has 6 nitrogen and oxygen atoms in total. The van der Waals surface area contributed by atoms with E-state index in [1.165, 1.54) is 44.9 Å². The van der Waals surface area contributed by atoms with Crippen LogP contribution in [0.5, 0.6) is 0 Å². The molecular weight excluding hydrogens is 414 g/mol. The van der Waals surface area contributed by atoms with Crippen molar-refractivity contribution in [3.8, 4) is 0 Å². The number of ether oxygens (including phenoxy) is 1. The van der Waals surface area contributed by atoms with Crippen molar-refractivity contribution >= 4 is 23.8 Å². The molecule has 0 spiro atoms. The number of para-hydroxylation sites is 1. The molecule has 0 bridgehead atoms. The van der Waals surface area contributed by atoms with E-state index in [4.69, 9.17) is 4.74 Å². The Balaban J connectivity index is 0.000000194. The molecule has 1 saturated heterocycles. The number of esters is 1. The van der Waals surface area contributed by atoms with Gasteiger partial charge >= 0.3 is 5.97 Å². The summed E-state index contributed by atoms with van der Waals surface area (Å²) in [4.78, 5) is 31.6. The van der Waals surface area contributed by atoms with E-state index in [2.05, 4.69) is 52.2 Å². The highest BCUT2D eigenvalue weighted by atomic mass is 16.5. The smallest absolute Gasteiger partial charge is 0.312 e. The van der Waals surface area contributed by atoms with Crippen molar-refractivity contribution in [2.75, 3.05) is 37.0 Å². The molecule has 0 atom stereocenters. The second kappa shape index (κ2) is 12.4. The zero-order valence-electron chi connectivity index (χ0n) is 20.0. The van der Waals surface area contributed by atoms with E-state index < -0.39 is 5.41 Å². The number of anilines is 2. The lowest BCUT2D eigenvalue weighted by Gasteiger charge is -2.39. The molecule has 0 amide bonds. The summed E-state index contributed by atoms with van der Waals surface area (Å²) in [5, 5.41) is 0. The lowest BCUT2D eigenvalue weighted by molar-refractivity contribution is -0.155. The van der Waals surface area contributed by atoms with Crippen molar-refractivity contribution in [2.45, 2.75) is 57.4 Å². The number of aldehydes is 1. The summed E-state index contributed by atoms with van der Waals surface area (Å²) in [5.74, 6) is 0.632. The molecule has 6 heteroatoms. The first-order valence-corrected chi connectivity index (χ1v) is 12.1. The SMILES string of the molecule is CN(c1ccccc1)C1CCCCC1.COC(=O)C1(CC=O)CCN(c2ccccn2)CC1. The minimum absolute atomic E-state index is 0.232. The van der Waals surface area contributed by atoms with E-state index in [0.717, 1.165) is 18.1 Å². The van der Waals surface area contributed by atoms with Crippen molar-refractivity contribution < 1.29 is 14.3 Å². The van der Waals surface area contributed by atoms with Gasteiger partial charge in [-0.15, -0.1) is 0 Å². The normalized spacial score (nSPS) is 17.9. The van der Waals surface area contributed by atoms with Gasteiger partial charge in [-0.3, -0.25) is 4.79 Å². The third-order valence-electron chi connectivity index (χ3n) is 7.07. The van der Waals surface area contributed by atoms with Gasteiger partial charge in [0.05, 0.1) is 12.5 Å². The van der Waals surface area contributed by atoms with Gasteiger partial charge in [0.1, 0.15) is 12.1 Å². The summed E-state index contributed by atoms with van der Waals surface area (Å²) < 4.78 is 4.85. The van der Waals surface area contributed by atoms with E-state index in [0.29, 0.717) is 25.9 Å². The van der Waals surface area contributed by atoms with Crippen LogP contribution in [0.15, 0.2) is 54.7 Å². The van der Waals surface area contributed by atoms with Gasteiger partial charge in [-0.25, -0.2) is 4.98 Å². The molecule has 1 saturated carbocycles. The van der Waals surface area contributed by atoms with Gasteiger partial charge in [0, 0.05) is 44.5 Å². The Kier molecular flexibility index (Phi) is 9.28. The van der Waals surface area contributed by atoms with Crippen LogP contribution in [0.4, 0.5) is 11.5 Å². The van der Waals surface area contributed by atoms with Gasteiger partial charge in [-0.2, -0.15) is 0 Å². The molecule has 0 N–H and O–H groups in total. The second-order valence-electron chi connectivity index (χ2n) is 9.06. The molecule has 1 aromatic heterocycles. The first-order valence-electron chi connectivity index (χ1n) is 12.1. The van der Waals surface area contributed by atoms with Crippen molar-refractivity contribution in [3.05, 3.63) is 54.7 Å². The van der Waals surface area contributed by atoms with Gasteiger partial charge < -0.3 is 19.3 Å². The maximum absolute atomic E-state index is 11.9. The molecule has 0 radical (unpaired) electrons. The van der Waals surface area contributed by atoms with Crippen LogP contribution in [0, 0.1) is 5.41 Å². The fourth-order valence-electron chi connectivity index (χ4n) is 4.91. The van der Waals surface area contributed by atoms with Crippen LogP contribution in [0.2, 0.25) is 0 Å². The zero-order chi connectivity index (χ0) is 23.5. The Morgan fingerprint density at radius 2 is 1.76 bits per heavy atom. The maximum atomic E-state index is 11.9. The van der Waals surface area contributed by atoms with Crippen LogP contribution in [-0.4, -0.2) is 50.5 Å². The average Bonchev–Trinajstić information content (AvgIpc) is 2.90. The van der Waals surface area contributed by atoms with Gasteiger partial charge in [-0.05, 0) is 49.9 Å². The number of pyridine rings is 1. The van der Waals surface area contributed by atoms with Crippen molar-refractivity contribution in [3.63, 3.8) is 0 Å². The number of aromatic nitrogens is 1. The number of hydrogen-bond acceptors (Lipinski definition) is 6. The van der Waals surface area contributed by atoms with Gasteiger partial charge in [0.15, 0.2) is 0 Å². The van der Waals surface area contributed by atoms with Crippen LogP contribution >= 0.6 is 0 Å². The fraction of sp³-hybridized carbons (Fsp3) is 0.519.